The number of alkyl halides is 2. The average molecular weight is 202 g/mol. The number of H-pyrrole nitrogens is 1. The fraction of sp³-hybridized carbons (Fsp3) is 0.250. The Bertz CT molecular complexity index is 426. The van der Waals surface area contributed by atoms with Crippen LogP contribution < -0.4 is 11.3 Å². The topological polar surface area (TPSA) is 76.0 Å². The number of pyridine rings is 1. The molecule has 0 aliphatic heterocycles. The van der Waals surface area contributed by atoms with Crippen molar-refractivity contribution in [2.45, 2.75) is 13.3 Å². The number of carbonyl (C=O) groups is 1. The van der Waals surface area contributed by atoms with Crippen molar-refractivity contribution < 1.29 is 13.6 Å². The van der Waals surface area contributed by atoms with Gasteiger partial charge in [0.05, 0.1) is 11.3 Å². The molecule has 0 spiro atoms. The predicted molar refractivity (Wildman–Crippen MR) is 45.3 cm³/mol. The van der Waals surface area contributed by atoms with Crippen molar-refractivity contribution in [2.24, 2.45) is 5.73 Å². The molecule has 0 radical (unpaired) electrons. The lowest BCUT2D eigenvalue weighted by Gasteiger charge is -2.05. The van der Waals surface area contributed by atoms with Crippen LogP contribution in [0.25, 0.3) is 0 Å². The number of primary amides is 1. The van der Waals surface area contributed by atoms with Crippen LogP contribution >= 0.6 is 0 Å². The van der Waals surface area contributed by atoms with Crippen LogP contribution in [0.15, 0.2) is 10.9 Å². The lowest BCUT2D eigenvalue weighted by Crippen LogP contribution is -2.21. The highest BCUT2D eigenvalue weighted by molar-refractivity contribution is 5.94. The van der Waals surface area contributed by atoms with Crippen LogP contribution in [0.4, 0.5) is 8.78 Å². The Morgan fingerprint density at radius 2 is 2.14 bits per heavy atom. The molecule has 0 aliphatic rings. The molecule has 0 saturated carbocycles. The van der Waals surface area contributed by atoms with E-state index < -0.39 is 23.6 Å². The van der Waals surface area contributed by atoms with Gasteiger partial charge in [0, 0.05) is 5.56 Å². The first-order valence-corrected chi connectivity index (χ1v) is 3.75. The van der Waals surface area contributed by atoms with E-state index in [0.717, 1.165) is 6.07 Å². The van der Waals surface area contributed by atoms with E-state index in [0.29, 0.717) is 0 Å². The summed E-state index contributed by atoms with van der Waals surface area (Å²) in [6, 6.07) is 1.06. The lowest BCUT2D eigenvalue weighted by molar-refractivity contribution is 0.0982. The van der Waals surface area contributed by atoms with Crippen LogP contribution in [0.2, 0.25) is 0 Å². The third kappa shape index (κ3) is 1.78. The second-order valence-corrected chi connectivity index (χ2v) is 2.77. The van der Waals surface area contributed by atoms with Crippen LogP contribution in [-0.2, 0) is 0 Å². The molecule has 0 aromatic carbocycles. The number of amides is 1. The smallest absolute Gasteiger partial charge is 0.279 e. The van der Waals surface area contributed by atoms with Gasteiger partial charge < -0.3 is 10.7 Å². The van der Waals surface area contributed by atoms with E-state index in [1.165, 1.54) is 6.92 Å². The highest BCUT2D eigenvalue weighted by atomic mass is 19.3. The number of hydrogen-bond donors (Lipinski definition) is 2. The van der Waals surface area contributed by atoms with Gasteiger partial charge in [0.15, 0.2) is 0 Å². The van der Waals surface area contributed by atoms with Crippen molar-refractivity contribution in [3.63, 3.8) is 0 Å². The molecule has 76 valence electrons. The second-order valence-electron chi connectivity index (χ2n) is 2.77. The Morgan fingerprint density at radius 1 is 1.57 bits per heavy atom. The average Bonchev–Trinajstić information content (AvgIpc) is 2.08. The van der Waals surface area contributed by atoms with Crippen molar-refractivity contribution >= 4 is 5.91 Å². The fourth-order valence-corrected chi connectivity index (χ4v) is 1.02. The van der Waals surface area contributed by atoms with Gasteiger partial charge in [-0.1, -0.05) is 0 Å². The molecule has 1 aromatic rings. The van der Waals surface area contributed by atoms with E-state index in [9.17, 15) is 18.4 Å². The highest BCUT2D eigenvalue weighted by Crippen LogP contribution is 2.19. The molecule has 6 heteroatoms. The first-order chi connectivity index (χ1) is 6.43. The predicted octanol–water partition coefficient (Wildman–Crippen LogP) is 0.720. The molecule has 0 bridgehead atoms. The summed E-state index contributed by atoms with van der Waals surface area (Å²) >= 11 is 0. The molecule has 14 heavy (non-hydrogen) atoms. The van der Waals surface area contributed by atoms with E-state index in [-0.39, 0.29) is 11.1 Å². The Kier molecular flexibility index (Phi) is 2.64. The summed E-state index contributed by atoms with van der Waals surface area (Å²) in [6.07, 6.45) is -2.93. The first-order valence-electron chi connectivity index (χ1n) is 3.75. The number of nitrogens with two attached hydrogens (primary N) is 1. The number of aromatic nitrogens is 1. The Morgan fingerprint density at radius 3 is 2.57 bits per heavy atom. The zero-order chi connectivity index (χ0) is 10.9. The van der Waals surface area contributed by atoms with Crippen molar-refractivity contribution in [1.29, 1.82) is 0 Å². The summed E-state index contributed by atoms with van der Waals surface area (Å²) in [5.41, 5.74) is 3.32. The zero-order valence-electron chi connectivity index (χ0n) is 7.30. The maximum atomic E-state index is 12.3. The fourth-order valence-electron chi connectivity index (χ4n) is 1.02. The molecule has 0 atom stereocenters. The summed E-state index contributed by atoms with van der Waals surface area (Å²) in [5.74, 6) is -0.986. The first kappa shape index (κ1) is 10.4. The van der Waals surface area contributed by atoms with Gasteiger partial charge in [-0.05, 0) is 13.0 Å². The van der Waals surface area contributed by atoms with Gasteiger partial charge in [-0.2, -0.15) is 0 Å². The van der Waals surface area contributed by atoms with Gasteiger partial charge >= 0.3 is 0 Å². The largest absolute Gasteiger partial charge is 0.366 e. The molecule has 0 saturated heterocycles. The van der Waals surface area contributed by atoms with E-state index in [2.05, 4.69) is 0 Å². The standard InChI is InChI=1S/C8H8F2N2O2/c1-3-2-4(7(11)13)5(6(9)10)12-8(3)14/h2,6H,1H3,(H2,11,13)(H,12,14). The van der Waals surface area contributed by atoms with E-state index in [1.807, 2.05) is 4.98 Å². The molecule has 4 nitrogen and oxygen atoms in total. The second kappa shape index (κ2) is 3.57. The molecule has 0 unspecified atom stereocenters. The molecule has 1 amide bonds. The summed E-state index contributed by atoms with van der Waals surface area (Å²) in [6.45, 7) is 1.40. The van der Waals surface area contributed by atoms with Gasteiger partial charge in [-0.25, -0.2) is 8.78 Å². The maximum absolute atomic E-state index is 12.3. The Labute approximate surface area is 77.7 Å². The summed E-state index contributed by atoms with van der Waals surface area (Å²) in [5, 5.41) is 0. The van der Waals surface area contributed by atoms with Gasteiger partial charge in [0.25, 0.3) is 17.9 Å². The minimum absolute atomic E-state index is 0.170. The third-order valence-corrected chi connectivity index (χ3v) is 1.74. The number of rotatable bonds is 2. The van der Waals surface area contributed by atoms with E-state index in [1.54, 1.807) is 0 Å². The third-order valence-electron chi connectivity index (χ3n) is 1.74. The quantitative estimate of drug-likeness (QED) is 0.741. The van der Waals surface area contributed by atoms with Crippen molar-refractivity contribution in [3.8, 4) is 0 Å². The number of aryl methyl sites for hydroxylation is 1. The molecule has 0 fully saturated rings. The normalized spacial score (nSPS) is 10.6. The molecule has 3 N–H and O–H groups in total. The molecule has 1 aromatic heterocycles. The van der Waals surface area contributed by atoms with Gasteiger partial charge in [0.2, 0.25) is 0 Å². The molecular weight excluding hydrogens is 194 g/mol. The van der Waals surface area contributed by atoms with Crippen LogP contribution in [0, 0.1) is 6.92 Å². The van der Waals surface area contributed by atoms with E-state index >= 15 is 0 Å². The minimum atomic E-state index is -2.93. The van der Waals surface area contributed by atoms with E-state index in [4.69, 9.17) is 5.73 Å². The van der Waals surface area contributed by atoms with Gasteiger partial charge in [0.1, 0.15) is 0 Å². The number of aromatic amines is 1. The van der Waals surface area contributed by atoms with Gasteiger partial charge in [-0.3, -0.25) is 9.59 Å². The number of carbonyl (C=O) groups excluding carboxylic acids is 1. The van der Waals surface area contributed by atoms with Crippen LogP contribution in [0.5, 0.6) is 0 Å². The van der Waals surface area contributed by atoms with Crippen LogP contribution in [0.3, 0.4) is 0 Å². The number of halogens is 2. The highest BCUT2D eigenvalue weighted by Gasteiger charge is 2.18. The molecule has 0 aliphatic carbocycles. The van der Waals surface area contributed by atoms with Crippen molar-refractivity contribution in [2.75, 3.05) is 0 Å². The summed E-state index contributed by atoms with van der Waals surface area (Å²) in [7, 11) is 0. The lowest BCUT2D eigenvalue weighted by atomic mass is 10.1. The monoisotopic (exact) mass is 202 g/mol. The van der Waals surface area contributed by atoms with Crippen LogP contribution in [-0.4, -0.2) is 10.9 Å². The SMILES string of the molecule is Cc1cc(C(N)=O)c(C(F)F)[nH]c1=O. The number of hydrogen-bond acceptors (Lipinski definition) is 2. The van der Waals surface area contributed by atoms with Gasteiger partial charge in [-0.15, -0.1) is 0 Å². The summed E-state index contributed by atoms with van der Waals surface area (Å²) < 4.78 is 24.6. The Hall–Kier alpha value is -1.72. The minimum Gasteiger partial charge on any atom is -0.366 e. The number of nitrogens with one attached hydrogen (secondary N) is 1. The van der Waals surface area contributed by atoms with Crippen LogP contribution in [0.1, 0.15) is 28.0 Å². The molecule has 1 rings (SSSR count). The summed E-state index contributed by atoms with van der Waals surface area (Å²) in [4.78, 5) is 23.7. The zero-order valence-corrected chi connectivity index (χ0v) is 7.30. The molecular formula is C8H8F2N2O2. The Balaban J connectivity index is 3.47. The molecule has 1 heterocycles. The maximum Gasteiger partial charge on any atom is 0.279 e. The van der Waals surface area contributed by atoms with Crippen molar-refractivity contribution in [3.05, 3.63) is 33.2 Å². The van der Waals surface area contributed by atoms with Crippen molar-refractivity contribution in [1.82, 2.24) is 4.98 Å².